The fourth-order valence-corrected chi connectivity index (χ4v) is 4.82. The molecule has 2 aromatic heterocycles. The maximum atomic E-state index is 14.2. The maximum Gasteiger partial charge on any atom is 0.573 e. The Balaban J connectivity index is 1.91. The van der Waals surface area contributed by atoms with Gasteiger partial charge in [-0.25, -0.2) is 0 Å². The summed E-state index contributed by atoms with van der Waals surface area (Å²) in [4.78, 5) is 18.6. The van der Waals surface area contributed by atoms with Crippen molar-refractivity contribution in [1.82, 2.24) is 9.97 Å². The Morgan fingerprint density at radius 3 is 2.26 bits per heavy atom. The second kappa shape index (κ2) is 9.31. The zero-order valence-electron chi connectivity index (χ0n) is 20.2. The Kier molecular flexibility index (Phi) is 6.81. The Labute approximate surface area is 213 Å². The molecular formula is C24H19F9N2O4. The fourth-order valence-electron chi connectivity index (χ4n) is 4.82. The lowest BCUT2D eigenvalue weighted by Crippen LogP contribution is -2.46. The number of alkyl halides is 9. The molecule has 0 radical (unpaired) electrons. The van der Waals surface area contributed by atoms with Crippen LogP contribution in [-0.2, 0) is 10.9 Å². The fraction of sp³-hybridized carbons (Fsp3) is 0.417. The summed E-state index contributed by atoms with van der Waals surface area (Å²) in [5, 5.41) is -0.818. The van der Waals surface area contributed by atoms with Gasteiger partial charge in [-0.05, 0) is 19.1 Å². The van der Waals surface area contributed by atoms with Crippen LogP contribution in [0.1, 0.15) is 42.8 Å². The number of hydrogen-bond donors (Lipinski definition) is 1. The topological polar surface area (TPSA) is 73.4 Å². The van der Waals surface area contributed by atoms with Crippen molar-refractivity contribution in [2.45, 2.75) is 50.2 Å². The molecule has 1 saturated heterocycles. The van der Waals surface area contributed by atoms with E-state index in [0.29, 0.717) is 6.07 Å². The molecule has 4 rings (SSSR count). The van der Waals surface area contributed by atoms with Gasteiger partial charge in [-0.15, -0.1) is 13.2 Å². The Bertz CT molecular complexity index is 1450. The van der Waals surface area contributed by atoms with E-state index in [1.807, 2.05) is 0 Å². The van der Waals surface area contributed by atoms with E-state index in [9.17, 15) is 44.3 Å². The standard InChI is InChI=1S/C24H19F9N2O4/c1-10-17(12-5-4-11(8-16(12)37-3)38-24(31,32)33)19(39-21(10,2)23(28,29)30)14-9-15(36)18-13(35-14)6-7-34-20(18)22(25,26)27/h4-10,17,19H,1-3H3,(H,35,36)/t10-,17-,19-,21+/m0/s1. The van der Waals surface area contributed by atoms with Crippen molar-refractivity contribution < 1.29 is 53.7 Å². The van der Waals surface area contributed by atoms with Gasteiger partial charge in [0.15, 0.2) is 16.7 Å². The average Bonchev–Trinajstić information content (AvgIpc) is 3.08. The number of ether oxygens (including phenoxy) is 3. The van der Waals surface area contributed by atoms with Crippen LogP contribution in [0.15, 0.2) is 41.3 Å². The number of aromatic nitrogens is 2. The van der Waals surface area contributed by atoms with Gasteiger partial charge < -0.3 is 19.2 Å². The van der Waals surface area contributed by atoms with Crippen molar-refractivity contribution in [2.75, 3.05) is 7.11 Å². The van der Waals surface area contributed by atoms with E-state index in [4.69, 9.17) is 9.47 Å². The monoisotopic (exact) mass is 570 g/mol. The molecule has 3 aromatic rings. The summed E-state index contributed by atoms with van der Waals surface area (Å²) >= 11 is 0. The number of aromatic amines is 1. The summed E-state index contributed by atoms with van der Waals surface area (Å²) in [6, 6.07) is 4.53. The van der Waals surface area contributed by atoms with E-state index in [2.05, 4.69) is 14.7 Å². The van der Waals surface area contributed by atoms with Gasteiger partial charge in [0.05, 0.1) is 18.0 Å². The number of fused-ring (bicyclic) bond motifs is 1. The number of nitrogens with zero attached hydrogens (tertiary/aromatic N) is 1. The van der Waals surface area contributed by atoms with E-state index in [-0.39, 0.29) is 22.5 Å². The molecule has 0 spiro atoms. The predicted molar refractivity (Wildman–Crippen MR) is 117 cm³/mol. The van der Waals surface area contributed by atoms with Crippen LogP contribution in [-0.4, -0.2) is 35.2 Å². The highest BCUT2D eigenvalue weighted by Gasteiger charge is 2.65. The highest BCUT2D eigenvalue weighted by molar-refractivity contribution is 5.81. The van der Waals surface area contributed by atoms with Gasteiger partial charge in [0.25, 0.3) is 0 Å². The summed E-state index contributed by atoms with van der Waals surface area (Å²) in [5.74, 6) is -3.66. The van der Waals surface area contributed by atoms with Crippen LogP contribution in [0.2, 0.25) is 0 Å². The lowest BCUT2D eigenvalue weighted by Gasteiger charge is -2.32. The van der Waals surface area contributed by atoms with Crippen LogP contribution in [0, 0.1) is 5.92 Å². The van der Waals surface area contributed by atoms with Crippen LogP contribution in [0.5, 0.6) is 11.5 Å². The van der Waals surface area contributed by atoms with Gasteiger partial charge in [-0.1, -0.05) is 13.0 Å². The normalized spacial score (nSPS) is 24.3. The highest BCUT2D eigenvalue weighted by atomic mass is 19.4. The number of H-pyrrole nitrogens is 1. The minimum atomic E-state index is -5.05. The van der Waals surface area contributed by atoms with Gasteiger partial charge in [-0.3, -0.25) is 9.78 Å². The molecular weight excluding hydrogens is 551 g/mol. The van der Waals surface area contributed by atoms with Crippen molar-refractivity contribution >= 4 is 10.9 Å². The molecule has 0 bridgehead atoms. The van der Waals surface area contributed by atoms with E-state index in [1.165, 1.54) is 6.92 Å². The maximum absolute atomic E-state index is 14.2. The smallest absolute Gasteiger partial charge is 0.496 e. The minimum absolute atomic E-state index is 0.0100. The third kappa shape index (κ3) is 5.11. The van der Waals surface area contributed by atoms with Gasteiger partial charge in [0.2, 0.25) is 0 Å². The largest absolute Gasteiger partial charge is 0.573 e. The summed E-state index contributed by atoms with van der Waals surface area (Å²) in [6.07, 6.45) is -15.8. The van der Waals surface area contributed by atoms with Crippen LogP contribution in [0.4, 0.5) is 39.5 Å². The summed E-state index contributed by atoms with van der Waals surface area (Å²) in [7, 11) is 1.08. The third-order valence-electron chi connectivity index (χ3n) is 6.80. The minimum Gasteiger partial charge on any atom is -0.496 e. The van der Waals surface area contributed by atoms with Gasteiger partial charge in [0, 0.05) is 41.4 Å². The van der Waals surface area contributed by atoms with Gasteiger partial charge >= 0.3 is 18.7 Å². The molecule has 1 fully saturated rings. The molecule has 1 aliphatic heterocycles. The molecule has 3 heterocycles. The van der Waals surface area contributed by atoms with E-state index in [0.717, 1.165) is 44.5 Å². The summed E-state index contributed by atoms with van der Waals surface area (Å²) in [5.41, 5.74) is -6.12. The number of methoxy groups -OCH3 is 1. The Hall–Kier alpha value is -3.49. The molecule has 0 saturated carbocycles. The first-order valence-electron chi connectivity index (χ1n) is 11.1. The zero-order chi connectivity index (χ0) is 29.1. The number of benzene rings is 1. The highest BCUT2D eigenvalue weighted by Crippen LogP contribution is 2.59. The van der Waals surface area contributed by atoms with Crippen molar-refractivity contribution in [2.24, 2.45) is 5.92 Å². The van der Waals surface area contributed by atoms with E-state index < -0.39 is 64.5 Å². The average molecular weight is 570 g/mol. The second-order valence-corrected chi connectivity index (χ2v) is 9.08. The number of pyridine rings is 2. The molecule has 1 aliphatic rings. The number of hydrogen-bond acceptors (Lipinski definition) is 5. The Morgan fingerprint density at radius 1 is 1.03 bits per heavy atom. The molecule has 1 aromatic carbocycles. The van der Waals surface area contributed by atoms with Crippen LogP contribution in [0.3, 0.4) is 0 Å². The molecule has 1 N–H and O–H groups in total. The molecule has 0 amide bonds. The van der Waals surface area contributed by atoms with Crippen molar-refractivity contribution in [3.05, 3.63) is 63.7 Å². The SMILES string of the molecule is COc1cc(OC(F)(F)F)ccc1[C@H]1[C@H](c2cc(=O)c3c(C(F)(F)F)nccc3[nH]2)O[C@@](C)(C(F)(F)F)[C@H]1C. The lowest BCUT2D eigenvalue weighted by atomic mass is 9.76. The van der Waals surface area contributed by atoms with Gasteiger partial charge in [-0.2, -0.15) is 26.3 Å². The first-order chi connectivity index (χ1) is 17.9. The predicted octanol–water partition coefficient (Wildman–Crippen LogP) is 6.66. The van der Waals surface area contributed by atoms with E-state index in [1.54, 1.807) is 0 Å². The molecule has 0 aliphatic carbocycles. The Morgan fingerprint density at radius 2 is 1.69 bits per heavy atom. The number of rotatable bonds is 4. The molecule has 6 nitrogen and oxygen atoms in total. The quantitative estimate of drug-likeness (QED) is 0.355. The lowest BCUT2D eigenvalue weighted by molar-refractivity contribution is -0.275. The first-order valence-corrected chi connectivity index (χ1v) is 11.1. The number of halogens is 9. The molecule has 212 valence electrons. The summed E-state index contributed by atoms with van der Waals surface area (Å²) in [6.45, 7) is 1.96. The second-order valence-electron chi connectivity index (χ2n) is 9.08. The van der Waals surface area contributed by atoms with Crippen LogP contribution < -0.4 is 14.9 Å². The summed E-state index contributed by atoms with van der Waals surface area (Å²) < 4.78 is 136. The first kappa shape index (κ1) is 28.5. The van der Waals surface area contributed by atoms with Crippen molar-refractivity contribution in [3.63, 3.8) is 0 Å². The molecule has 39 heavy (non-hydrogen) atoms. The van der Waals surface area contributed by atoms with Gasteiger partial charge in [0.1, 0.15) is 17.6 Å². The number of nitrogens with one attached hydrogen (secondary N) is 1. The molecule has 4 atom stereocenters. The van der Waals surface area contributed by atoms with Crippen molar-refractivity contribution in [3.8, 4) is 11.5 Å². The van der Waals surface area contributed by atoms with Crippen molar-refractivity contribution in [1.29, 1.82) is 0 Å². The van der Waals surface area contributed by atoms with E-state index >= 15 is 0 Å². The molecule has 0 unspecified atom stereocenters. The zero-order valence-corrected chi connectivity index (χ0v) is 20.2. The molecule has 15 heteroatoms. The van der Waals surface area contributed by atoms with Crippen LogP contribution >= 0.6 is 0 Å². The van der Waals surface area contributed by atoms with Crippen LogP contribution in [0.25, 0.3) is 10.9 Å². The third-order valence-corrected chi connectivity index (χ3v) is 6.80.